The van der Waals surface area contributed by atoms with Crippen LogP contribution in [-0.2, 0) is 4.79 Å². The van der Waals surface area contributed by atoms with Gasteiger partial charge in [-0.15, -0.1) is 0 Å². The topological polar surface area (TPSA) is 55.8 Å². The van der Waals surface area contributed by atoms with Gasteiger partial charge in [0, 0.05) is 37.9 Å². The zero-order valence-corrected chi connectivity index (χ0v) is 15.5. The second-order valence-corrected chi connectivity index (χ2v) is 7.53. The molecule has 0 spiro atoms. The predicted octanol–water partition coefficient (Wildman–Crippen LogP) is 2.16. The van der Waals surface area contributed by atoms with Crippen molar-refractivity contribution >= 4 is 11.6 Å². The zero-order chi connectivity index (χ0) is 17.8. The van der Waals surface area contributed by atoms with E-state index in [1.54, 1.807) is 0 Å². The average molecular weight is 345 g/mol. The van der Waals surface area contributed by atoms with Gasteiger partial charge in [0.1, 0.15) is 0 Å². The summed E-state index contributed by atoms with van der Waals surface area (Å²) in [5, 5.41) is 13.3. The lowest BCUT2D eigenvalue weighted by Crippen LogP contribution is -2.55. The van der Waals surface area contributed by atoms with E-state index in [0.717, 1.165) is 56.7 Å². The highest BCUT2D eigenvalue weighted by atomic mass is 16.3. The SMILES string of the molecule is Cc1cccc(NC(=O)CN2CCN(C3CCCCC3O)CC2)c1C. The Bertz CT molecular complexity index is 597. The van der Waals surface area contributed by atoms with Crippen LogP contribution in [0.25, 0.3) is 0 Å². The molecule has 1 aromatic rings. The molecule has 2 atom stereocenters. The number of amides is 1. The predicted molar refractivity (Wildman–Crippen MR) is 101 cm³/mol. The van der Waals surface area contributed by atoms with E-state index in [1.807, 2.05) is 19.1 Å². The minimum Gasteiger partial charge on any atom is -0.391 e. The van der Waals surface area contributed by atoms with Gasteiger partial charge in [0.15, 0.2) is 0 Å². The van der Waals surface area contributed by atoms with Crippen molar-refractivity contribution in [3.63, 3.8) is 0 Å². The number of rotatable bonds is 4. The number of anilines is 1. The van der Waals surface area contributed by atoms with E-state index in [1.165, 1.54) is 12.0 Å². The standard InChI is InChI=1S/C20H31N3O2/c1-15-6-5-7-17(16(15)2)21-20(25)14-22-10-12-23(13-11-22)18-8-3-4-9-19(18)24/h5-7,18-19,24H,3-4,8-14H2,1-2H3,(H,21,25). The Labute approximate surface area is 151 Å². The van der Waals surface area contributed by atoms with Gasteiger partial charge in [-0.05, 0) is 43.9 Å². The van der Waals surface area contributed by atoms with E-state index >= 15 is 0 Å². The average Bonchev–Trinajstić information content (AvgIpc) is 2.60. The molecule has 25 heavy (non-hydrogen) atoms. The number of nitrogens with one attached hydrogen (secondary N) is 1. The molecule has 3 rings (SSSR count). The molecule has 1 aliphatic heterocycles. The van der Waals surface area contributed by atoms with Crippen LogP contribution in [0.4, 0.5) is 5.69 Å². The van der Waals surface area contributed by atoms with Crippen molar-refractivity contribution in [3.05, 3.63) is 29.3 Å². The first-order chi connectivity index (χ1) is 12.0. The van der Waals surface area contributed by atoms with E-state index < -0.39 is 0 Å². The fourth-order valence-corrected chi connectivity index (χ4v) is 4.05. The molecule has 0 aromatic heterocycles. The van der Waals surface area contributed by atoms with E-state index in [0.29, 0.717) is 12.6 Å². The number of aliphatic hydroxyl groups is 1. The number of aliphatic hydroxyl groups excluding tert-OH is 1. The number of piperazine rings is 1. The van der Waals surface area contributed by atoms with Gasteiger partial charge < -0.3 is 10.4 Å². The minimum absolute atomic E-state index is 0.0554. The summed E-state index contributed by atoms with van der Waals surface area (Å²) in [7, 11) is 0. The Morgan fingerprint density at radius 3 is 2.60 bits per heavy atom. The summed E-state index contributed by atoms with van der Waals surface area (Å²) in [6.45, 7) is 8.21. The second-order valence-electron chi connectivity index (χ2n) is 7.53. The van der Waals surface area contributed by atoms with E-state index in [4.69, 9.17) is 0 Å². The summed E-state index contributed by atoms with van der Waals surface area (Å²) in [5.41, 5.74) is 3.23. The quantitative estimate of drug-likeness (QED) is 0.878. The van der Waals surface area contributed by atoms with Crippen molar-refractivity contribution in [1.29, 1.82) is 0 Å². The molecule has 1 aliphatic carbocycles. The molecular formula is C20H31N3O2. The summed E-state index contributed by atoms with van der Waals surface area (Å²) in [4.78, 5) is 17.0. The summed E-state index contributed by atoms with van der Waals surface area (Å²) in [6, 6.07) is 6.32. The molecule has 138 valence electrons. The fraction of sp³-hybridized carbons (Fsp3) is 0.650. The van der Waals surface area contributed by atoms with Gasteiger partial charge in [0.25, 0.3) is 0 Å². The van der Waals surface area contributed by atoms with Crippen molar-refractivity contribution in [2.75, 3.05) is 38.0 Å². The van der Waals surface area contributed by atoms with Crippen LogP contribution in [0.15, 0.2) is 18.2 Å². The summed E-state index contributed by atoms with van der Waals surface area (Å²) < 4.78 is 0. The van der Waals surface area contributed by atoms with Crippen LogP contribution >= 0.6 is 0 Å². The molecule has 1 saturated heterocycles. The number of carbonyl (C=O) groups is 1. The van der Waals surface area contributed by atoms with E-state index in [9.17, 15) is 9.90 Å². The maximum absolute atomic E-state index is 12.4. The highest BCUT2D eigenvalue weighted by Crippen LogP contribution is 2.24. The van der Waals surface area contributed by atoms with Crippen LogP contribution in [0, 0.1) is 13.8 Å². The number of carbonyl (C=O) groups excluding carboxylic acids is 1. The second kappa shape index (κ2) is 8.30. The monoisotopic (exact) mass is 345 g/mol. The molecule has 2 unspecified atom stereocenters. The van der Waals surface area contributed by atoms with E-state index in [-0.39, 0.29) is 12.0 Å². The molecule has 1 amide bonds. The van der Waals surface area contributed by atoms with Gasteiger partial charge in [-0.3, -0.25) is 14.6 Å². The van der Waals surface area contributed by atoms with Crippen LogP contribution < -0.4 is 5.32 Å². The highest BCUT2D eigenvalue weighted by molar-refractivity contribution is 5.93. The Morgan fingerprint density at radius 1 is 1.16 bits per heavy atom. The third-order valence-electron chi connectivity index (χ3n) is 5.82. The minimum atomic E-state index is -0.173. The third kappa shape index (κ3) is 4.60. The van der Waals surface area contributed by atoms with Crippen LogP contribution in [0.3, 0.4) is 0 Å². The molecule has 0 bridgehead atoms. The van der Waals surface area contributed by atoms with Gasteiger partial charge in [0.05, 0.1) is 12.6 Å². The van der Waals surface area contributed by atoms with Crippen molar-refractivity contribution in [2.45, 2.75) is 51.7 Å². The molecule has 5 nitrogen and oxygen atoms in total. The van der Waals surface area contributed by atoms with Gasteiger partial charge in [0.2, 0.25) is 5.91 Å². The highest BCUT2D eigenvalue weighted by Gasteiger charge is 2.31. The van der Waals surface area contributed by atoms with E-state index in [2.05, 4.69) is 28.1 Å². The molecular weight excluding hydrogens is 314 g/mol. The van der Waals surface area contributed by atoms with Crippen molar-refractivity contribution in [3.8, 4) is 0 Å². The number of nitrogens with zero attached hydrogens (tertiary/aromatic N) is 2. The van der Waals surface area contributed by atoms with Crippen molar-refractivity contribution in [2.24, 2.45) is 0 Å². The smallest absolute Gasteiger partial charge is 0.238 e. The zero-order valence-electron chi connectivity index (χ0n) is 15.5. The Hall–Kier alpha value is -1.43. The van der Waals surface area contributed by atoms with Gasteiger partial charge >= 0.3 is 0 Å². The molecule has 2 fully saturated rings. The van der Waals surface area contributed by atoms with Crippen LogP contribution in [0.1, 0.15) is 36.8 Å². The van der Waals surface area contributed by atoms with Gasteiger partial charge in [-0.25, -0.2) is 0 Å². The van der Waals surface area contributed by atoms with Gasteiger partial charge in [-0.1, -0.05) is 25.0 Å². The number of hydrogen-bond donors (Lipinski definition) is 2. The Morgan fingerprint density at radius 2 is 1.88 bits per heavy atom. The Balaban J connectivity index is 1.47. The fourth-order valence-electron chi connectivity index (χ4n) is 4.05. The van der Waals surface area contributed by atoms with Gasteiger partial charge in [-0.2, -0.15) is 0 Å². The maximum Gasteiger partial charge on any atom is 0.238 e. The number of benzene rings is 1. The lowest BCUT2D eigenvalue weighted by molar-refractivity contribution is -0.118. The summed E-state index contributed by atoms with van der Waals surface area (Å²) in [5.74, 6) is 0.0554. The first-order valence-corrected chi connectivity index (χ1v) is 9.55. The molecule has 0 radical (unpaired) electrons. The number of hydrogen-bond acceptors (Lipinski definition) is 4. The molecule has 2 N–H and O–H groups in total. The maximum atomic E-state index is 12.4. The first kappa shape index (κ1) is 18.4. The molecule has 1 saturated carbocycles. The van der Waals surface area contributed by atoms with Crippen LogP contribution in [-0.4, -0.2) is 65.7 Å². The first-order valence-electron chi connectivity index (χ1n) is 9.55. The van der Waals surface area contributed by atoms with Crippen LogP contribution in [0.5, 0.6) is 0 Å². The van der Waals surface area contributed by atoms with Crippen molar-refractivity contribution in [1.82, 2.24) is 9.80 Å². The summed E-state index contributed by atoms with van der Waals surface area (Å²) in [6.07, 6.45) is 4.24. The molecule has 1 aromatic carbocycles. The molecule has 2 aliphatic rings. The number of aryl methyl sites for hydroxylation is 1. The molecule has 1 heterocycles. The normalized spacial score (nSPS) is 25.7. The van der Waals surface area contributed by atoms with Crippen molar-refractivity contribution < 1.29 is 9.90 Å². The lowest BCUT2D eigenvalue weighted by atomic mass is 9.91. The third-order valence-corrected chi connectivity index (χ3v) is 5.82. The summed E-state index contributed by atoms with van der Waals surface area (Å²) >= 11 is 0. The van der Waals surface area contributed by atoms with Crippen LogP contribution in [0.2, 0.25) is 0 Å². The lowest BCUT2D eigenvalue weighted by Gasteiger charge is -2.42. The Kier molecular flexibility index (Phi) is 6.10. The molecule has 5 heteroatoms. The largest absolute Gasteiger partial charge is 0.391 e.